The molecule has 1 saturated heterocycles. The number of morpholine rings is 1. The van der Waals surface area contributed by atoms with Crippen molar-refractivity contribution in [2.24, 2.45) is 0 Å². The van der Waals surface area contributed by atoms with E-state index in [2.05, 4.69) is 0 Å². The molecule has 2 rings (SSSR count). The summed E-state index contributed by atoms with van der Waals surface area (Å²) in [7, 11) is 0. The van der Waals surface area contributed by atoms with E-state index in [0.717, 1.165) is 4.90 Å². The lowest BCUT2D eigenvalue weighted by molar-refractivity contribution is -0.151. The molecular weight excluding hydrogens is 382 g/mol. The van der Waals surface area contributed by atoms with Gasteiger partial charge in [0.05, 0.1) is 23.3 Å². The first-order valence-electron chi connectivity index (χ1n) is 7.82. The number of nitrogens with one attached hydrogen (secondary N) is 1. The smallest absolute Gasteiger partial charge is 0.372 e. The van der Waals surface area contributed by atoms with Gasteiger partial charge < -0.3 is 15.0 Å². The molecule has 150 valence electrons. The molecule has 1 heterocycles. The van der Waals surface area contributed by atoms with Crippen molar-refractivity contribution in [1.82, 2.24) is 4.90 Å². The Kier molecular flexibility index (Phi) is 5.74. The van der Waals surface area contributed by atoms with Gasteiger partial charge in [-0.05, 0) is 32.0 Å². The number of halogens is 6. The van der Waals surface area contributed by atoms with E-state index in [1.54, 1.807) is 13.8 Å². The average Bonchev–Trinajstić information content (AvgIpc) is 2.51. The van der Waals surface area contributed by atoms with Crippen LogP contribution in [0.15, 0.2) is 18.2 Å². The van der Waals surface area contributed by atoms with Crippen molar-refractivity contribution < 1.29 is 40.7 Å². The van der Waals surface area contributed by atoms with Crippen LogP contribution in [0, 0.1) is 0 Å². The number of ether oxygens (including phenoxy) is 1. The van der Waals surface area contributed by atoms with Crippen LogP contribution in [-0.2, 0) is 26.7 Å². The van der Waals surface area contributed by atoms with Crippen molar-refractivity contribution in [3.63, 3.8) is 0 Å². The van der Waals surface area contributed by atoms with Crippen LogP contribution in [0.2, 0.25) is 0 Å². The summed E-state index contributed by atoms with van der Waals surface area (Å²) >= 11 is 0. The highest BCUT2D eigenvalue weighted by Crippen LogP contribution is 2.37. The normalized spacial score (nSPS) is 21.1. The first kappa shape index (κ1) is 21.0. The van der Waals surface area contributed by atoms with Crippen LogP contribution < -0.4 is 5.32 Å². The van der Waals surface area contributed by atoms with E-state index >= 15 is 0 Å². The van der Waals surface area contributed by atoms with Crippen LogP contribution >= 0.6 is 0 Å². The van der Waals surface area contributed by atoms with Gasteiger partial charge >= 0.3 is 24.2 Å². The fourth-order valence-electron chi connectivity index (χ4n) is 2.70. The van der Waals surface area contributed by atoms with E-state index in [4.69, 9.17) is 4.74 Å². The van der Waals surface area contributed by atoms with Gasteiger partial charge in [0, 0.05) is 18.8 Å². The van der Waals surface area contributed by atoms with Crippen molar-refractivity contribution in [3.05, 3.63) is 29.3 Å². The number of alkyl halides is 6. The molecule has 1 aromatic rings. The molecule has 0 saturated carbocycles. The molecule has 0 bridgehead atoms. The summed E-state index contributed by atoms with van der Waals surface area (Å²) in [5, 5.41) is 1.82. The third-order valence-corrected chi connectivity index (χ3v) is 3.75. The van der Waals surface area contributed by atoms with Crippen LogP contribution in [0.4, 0.5) is 32.0 Å². The lowest BCUT2D eigenvalue weighted by atomic mass is 10.1. The summed E-state index contributed by atoms with van der Waals surface area (Å²) in [4.78, 5) is 25.3. The fraction of sp³-hybridized carbons (Fsp3) is 0.500. The number of carbonyl (C=O) groups is 2. The number of hydrogen-bond donors (Lipinski definition) is 1. The Morgan fingerprint density at radius 1 is 0.963 bits per heavy atom. The van der Waals surface area contributed by atoms with Gasteiger partial charge in [-0.1, -0.05) is 0 Å². The second-order valence-corrected chi connectivity index (χ2v) is 6.22. The highest BCUT2D eigenvalue weighted by atomic mass is 19.4. The van der Waals surface area contributed by atoms with Gasteiger partial charge in [-0.2, -0.15) is 26.3 Å². The van der Waals surface area contributed by atoms with E-state index in [9.17, 15) is 35.9 Å². The number of benzene rings is 1. The van der Waals surface area contributed by atoms with Gasteiger partial charge in [0.15, 0.2) is 0 Å². The van der Waals surface area contributed by atoms with Gasteiger partial charge in [0.25, 0.3) is 0 Å². The third kappa shape index (κ3) is 5.34. The molecule has 0 aliphatic carbocycles. The van der Waals surface area contributed by atoms with Crippen LogP contribution in [0.25, 0.3) is 0 Å². The monoisotopic (exact) mass is 398 g/mol. The molecule has 1 aromatic carbocycles. The van der Waals surface area contributed by atoms with Crippen LogP contribution in [0.3, 0.4) is 0 Å². The SMILES string of the molecule is C[C@H]1CN(C(=O)C(=O)Nc2cc(C(F)(F)F)cc(C(F)(F)F)c2)C[C@H](C)O1. The molecule has 2 atom stereocenters. The Morgan fingerprint density at radius 2 is 1.41 bits per heavy atom. The lowest BCUT2D eigenvalue weighted by Gasteiger charge is -2.34. The highest BCUT2D eigenvalue weighted by Gasteiger charge is 2.37. The number of nitrogens with zero attached hydrogens (tertiary/aromatic N) is 1. The van der Waals surface area contributed by atoms with Gasteiger partial charge in [-0.25, -0.2) is 0 Å². The summed E-state index contributed by atoms with van der Waals surface area (Å²) in [6.45, 7) is 3.48. The molecule has 0 radical (unpaired) electrons. The van der Waals surface area contributed by atoms with Gasteiger partial charge in [-0.3, -0.25) is 9.59 Å². The Labute approximate surface area is 150 Å². The maximum absolute atomic E-state index is 12.8. The first-order valence-corrected chi connectivity index (χ1v) is 7.82. The van der Waals surface area contributed by atoms with Crippen LogP contribution in [0.1, 0.15) is 25.0 Å². The van der Waals surface area contributed by atoms with E-state index in [0.29, 0.717) is 12.1 Å². The predicted octanol–water partition coefficient (Wildman–Crippen LogP) is 3.30. The lowest BCUT2D eigenvalue weighted by Crippen LogP contribution is -2.51. The largest absolute Gasteiger partial charge is 0.416 e. The molecule has 27 heavy (non-hydrogen) atoms. The predicted molar refractivity (Wildman–Crippen MR) is 81.7 cm³/mol. The Bertz CT molecular complexity index is 690. The standard InChI is InChI=1S/C16H16F6N2O3/c1-8-6-24(7-9(2)27-8)14(26)13(25)23-12-4-10(15(17,18)19)3-11(5-12)16(20,21)22/h3-5,8-9H,6-7H2,1-2H3,(H,23,25)/t8-,9-/m0/s1. The number of anilines is 1. The zero-order valence-corrected chi connectivity index (χ0v) is 14.2. The maximum atomic E-state index is 12.8. The Balaban J connectivity index is 2.25. The molecule has 1 aliphatic heterocycles. The van der Waals surface area contributed by atoms with Gasteiger partial charge in [0.1, 0.15) is 0 Å². The molecule has 1 aliphatic rings. The second kappa shape index (κ2) is 7.37. The minimum Gasteiger partial charge on any atom is -0.372 e. The van der Waals surface area contributed by atoms with E-state index in [1.807, 2.05) is 5.32 Å². The quantitative estimate of drug-likeness (QED) is 0.584. The van der Waals surface area contributed by atoms with Crippen molar-refractivity contribution in [3.8, 4) is 0 Å². The minimum absolute atomic E-state index is 0.0667. The van der Waals surface area contributed by atoms with E-state index in [-0.39, 0.29) is 31.4 Å². The average molecular weight is 398 g/mol. The van der Waals surface area contributed by atoms with Gasteiger partial charge in [-0.15, -0.1) is 0 Å². The number of rotatable bonds is 1. The van der Waals surface area contributed by atoms with Crippen molar-refractivity contribution in [2.75, 3.05) is 18.4 Å². The van der Waals surface area contributed by atoms with Crippen LogP contribution in [-0.4, -0.2) is 42.0 Å². The van der Waals surface area contributed by atoms with Crippen molar-refractivity contribution in [1.29, 1.82) is 0 Å². The van der Waals surface area contributed by atoms with Gasteiger partial charge in [0.2, 0.25) is 0 Å². The zero-order chi connectivity index (χ0) is 20.6. The maximum Gasteiger partial charge on any atom is 0.416 e. The molecule has 1 N–H and O–H groups in total. The molecule has 5 nitrogen and oxygen atoms in total. The summed E-state index contributed by atoms with van der Waals surface area (Å²) < 4.78 is 82.4. The minimum atomic E-state index is -5.06. The Morgan fingerprint density at radius 3 is 1.81 bits per heavy atom. The molecule has 2 amide bonds. The van der Waals surface area contributed by atoms with Crippen LogP contribution in [0.5, 0.6) is 0 Å². The van der Waals surface area contributed by atoms with E-state index < -0.39 is 41.0 Å². The topological polar surface area (TPSA) is 58.6 Å². The summed E-state index contributed by atoms with van der Waals surface area (Å²) in [5.74, 6) is -2.40. The zero-order valence-electron chi connectivity index (χ0n) is 14.2. The molecule has 11 heteroatoms. The van der Waals surface area contributed by atoms with E-state index in [1.165, 1.54) is 0 Å². The third-order valence-electron chi connectivity index (χ3n) is 3.75. The van der Waals surface area contributed by atoms with Crippen molar-refractivity contribution >= 4 is 17.5 Å². The number of amides is 2. The number of carbonyl (C=O) groups excluding carboxylic acids is 2. The molecular formula is C16H16F6N2O3. The Hall–Kier alpha value is -2.30. The number of hydrogen-bond acceptors (Lipinski definition) is 3. The first-order chi connectivity index (χ1) is 12.3. The molecule has 0 unspecified atom stereocenters. The van der Waals surface area contributed by atoms with Crippen molar-refractivity contribution in [2.45, 2.75) is 38.4 Å². The molecule has 0 spiro atoms. The summed E-state index contributed by atoms with van der Waals surface area (Å²) in [6.07, 6.45) is -10.8. The summed E-state index contributed by atoms with van der Waals surface area (Å²) in [5.41, 5.74) is -3.95. The molecule has 1 fully saturated rings. The summed E-state index contributed by atoms with van der Waals surface area (Å²) in [6, 6.07) is 0.610. The highest BCUT2D eigenvalue weighted by molar-refractivity contribution is 6.39. The fourth-order valence-corrected chi connectivity index (χ4v) is 2.70. The molecule has 0 aromatic heterocycles. The second-order valence-electron chi connectivity index (χ2n) is 6.22.